The van der Waals surface area contributed by atoms with E-state index >= 15 is 0 Å². The summed E-state index contributed by atoms with van der Waals surface area (Å²) in [7, 11) is 3.21. The maximum absolute atomic E-state index is 12.7. The van der Waals surface area contributed by atoms with Crippen molar-refractivity contribution in [1.29, 1.82) is 0 Å². The number of carbonyl (C=O) groups excluding carboxylic acids is 1. The second kappa shape index (κ2) is 7.31. The van der Waals surface area contributed by atoms with Gasteiger partial charge in [0.15, 0.2) is 0 Å². The molecule has 0 saturated carbocycles. The van der Waals surface area contributed by atoms with Crippen LogP contribution >= 0.6 is 11.6 Å². The van der Waals surface area contributed by atoms with Gasteiger partial charge in [-0.3, -0.25) is 14.0 Å². The molecule has 0 spiro atoms. The average Bonchev–Trinajstić information content (AvgIpc) is 3.03. The first-order chi connectivity index (χ1) is 12.4. The molecule has 0 aliphatic heterocycles. The van der Waals surface area contributed by atoms with E-state index in [-0.39, 0.29) is 28.8 Å². The maximum atomic E-state index is 12.7. The van der Waals surface area contributed by atoms with Crippen LogP contribution in [0.15, 0.2) is 41.5 Å². The van der Waals surface area contributed by atoms with Crippen molar-refractivity contribution in [2.24, 2.45) is 7.05 Å². The predicted octanol–water partition coefficient (Wildman–Crippen LogP) is 2.12. The third-order valence-corrected chi connectivity index (χ3v) is 4.36. The lowest BCUT2D eigenvalue weighted by atomic mass is 10.1. The summed E-state index contributed by atoms with van der Waals surface area (Å²) in [6.07, 6.45) is 3.27. The molecule has 2 aromatic heterocycles. The number of hydrogen-bond acceptors (Lipinski definition) is 4. The van der Waals surface area contributed by atoms with Crippen LogP contribution in [0, 0.1) is 0 Å². The van der Waals surface area contributed by atoms with Crippen LogP contribution in [0.2, 0.25) is 5.02 Å². The molecule has 0 saturated heterocycles. The van der Waals surface area contributed by atoms with Crippen molar-refractivity contribution in [1.82, 2.24) is 19.3 Å². The fourth-order valence-electron chi connectivity index (χ4n) is 2.75. The van der Waals surface area contributed by atoms with E-state index in [0.717, 1.165) is 5.56 Å². The first kappa shape index (κ1) is 18.2. The fraction of sp³-hybridized carbons (Fsp3) is 0.278. The monoisotopic (exact) mass is 374 g/mol. The molecule has 1 atom stereocenters. The highest BCUT2D eigenvalue weighted by atomic mass is 35.5. The van der Waals surface area contributed by atoms with E-state index in [1.807, 2.05) is 25.1 Å². The fourth-order valence-corrected chi connectivity index (χ4v) is 2.98. The summed E-state index contributed by atoms with van der Waals surface area (Å²) < 4.78 is 8.03. The van der Waals surface area contributed by atoms with Crippen LogP contribution in [0.4, 0.5) is 0 Å². The number of nitrogens with one attached hydrogen (secondary N) is 1. The molecule has 2 heterocycles. The molecule has 0 bridgehead atoms. The Bertz CT molecular complexity index is 1020. The third-order valence-electron chi connectivity index (χ3n) is 4.03. The summed E-state index contributed by atoms with van der Waals surface area (Å²) in [5, 5.41) is 3.31. The van der Waals surface area contributed by atoms with E-state index in [9.17, 15) is 9.59 Å². The molecule has 0 fully saturated rings. The normalized spacial score (nSPS) is 12.3. The van der Waals surface area contributed by atoms with Gasteiger partial charge >= 0.3 is 0 Å². The number of rotatable bonds is 5. The van der Waals surface area contributed by atoms with Crippen LogP contribution in [-0.4, -0.2) is 39.6 Å². The van der Waals surface area contributed by atoms with Crippen molar-refractivity contribution in [2.45, 2.75) is 13.0 Å². The van der Waals surface area contributed by atoms with Crippen molar-refractivity contribution >= 4 is 23.2 Å². The SMILES string of the molecule is COCC(C)NC(=O)c1cn2cc(-c3ccccc3Cl)n(C)c(=O)c2n1. The molecule has 1 N–H and O–H groups in total. The molecular weight excluding hydrogens is 356 g/mol. The molecule has 3 aromatic rings. The third kappa shape index (κ3) is 3.36. The Morgan fingerprint density at radius 3 is 2.77 bits per heavy atom. The van der Waals surface area contributed by atoms with E-state index in [1.54, 1.807) is 30.8 Å². The average molecular weight is 375 g/mol. The lowest BCUT2D eigenvalue weighted by molar-refractivity contribution is 0.0901. The molecule has 1 unspecified atom stereocenters. The highest BCUT2D eigenvalue weighted by molar-refractivity contribution is 6.33. The number of aromatic nitrogens is 3. The van der Waals surface area contributed by atoms with Crippen LogP contribution in [0.3, 0.4) is 0 Å². The van der Waals surface area contributed by atoms with Crippen LogP contribution in [0.5, 0.6) is 0 Å². The Balaban J connectivity index is 2.06. The number of nitrogens with zero attached hydrogens (tertiary/aromatic N) is 3. The van der Waals surface area contributed by atoms with Crippen LogP contribution in [0.25, 0.3) is 16.9 Å². The molecule has 0 aliphatic rings. The number of methoxy groups -OCH3 is 1. The van der Waals surface area contributed by atoms with E-state index in [0.29, 0.717) is 17.3 Å². The minimum absolute atomic E-state index is 0.168. The van der Waals surface area contributed by atoms with Crippen LogP contribution in [0.1, 0.15) is 17.4 Å². The Labute approximate surface area is 155 Å². The largest absolute Gasteiger partial charge is 0.383 e. The van der Waals surface area contributed by atoms with Crippen molar-refractivity contribution in [3.8, 4) is 11.3 Å². The summed E-state index contributed by atoms with van der Waals surface area (Å²) in [4.78, 5) is 29.2. The van der Waals surface area contributed by atoms with Crippen molar-refractivity contribution in [2.75, 3.05) is 13.7 Å². The highest BCUT2D eigenvalue weighted by Crippen LogP contribution is 2.26. The lowest BCUT2D eigenvalue weighted by Gasteiger charge is -2.10. The van der Waals surface area contributed by atoms with E-state index < -0.39 is 0 Å². The smallest absolute Gasteiger partial charge is 0.294 e. The van der Waals surface area contributed by atoms with Gasteiger partial charge in [0.2, 0.25) is 5.65 Å². The lowest BCUT2D eigenvalue weighted by Crippen LogP contribution is -2.35. The Morgan fingerprint density at radius 2 is 2.08 bits per heavy atom. The molecule has 26 heavy (non-hydrogen) atoms. The molecule has 3 rings (SSSR count). The minimum atomic E-state index is -0.361. The zero-order chi connectivity index (χ0) is 18.8. The quantitative estimate of drug-likeness (QED) is 0.742. The summed E-state index contributed by atoms with van der Waals surface area (Å²) in [6.45, 7) is 2.21. The zero-order valence-corrected chi connectivity index (χ0v) is 15.4. The second-order valence-corrected chi connectivity index (χ2v) is 6.45. The summed E-state index contributed by atoms with van der Waals surface area (Å²) >= 11 is 6.26. The molecule has 0 aliphatic carbocycles. The summed E-state index contributed by atoms with van der Waals surface area (Å²) in [6, 6.07) is 7.09. The number of fused-ring (bicyclic) bond motifs is 1. The van der Waals surface area contributed by atoms with Crippen LogP contribution in [-0.2, 0) is 11.8 Å². The summed E-state index contributed by atoms with van der Waals surface area (Å²) in [5.41, 5.74) is 1.38. The molecule has 1 amide bonds. The van der Waals surface area contributed by atoms with Gasteiger partial charge in [0, 0.05) is 43.2 Å². The number of benzene rings is 1. The van der Waals surface area contributed by atoms with Crippen LogP contribution < -0.4 is 10.9 Å². The Hall–Kier alpha value is -2.64. The number of ether oxygens (including phenoxy) is 1. The Kier molecular flexibility index (Phi) is 5.11. The first-order valence-electron chi connectivity index (χ1n) is 8.05. The van der Waals surface area contributed by atoms with Gasteiger partial charge in [0.1, 0.15) is 5.69 Å². The second-order valence-electron chi connectivity index (χ2n) is 6.05. The van der Waals surface area contributed by atoms with Gasteiger partial charge in [0.05, 0.1) is 12.3 Å². The first-order valence-corrected chi connectivity index (χ1v) is 8.43. The highest BCUT2D eigenvalue weighted by Gasteiger charge is 2.17. The molecule has 1 aromatic carbocycles. The number of carbonyl (C=O) groups is 1. The van der Waals surface area contributed by atoms with Gasteiger partial charge in [-0.05, 0) is 13.0 Å². The number of amides is 1. The van der Waals surface area contributed by atoms with Gasteiger partial charge in [-0.2, -0.15) is 0 Å². The number of halogens is 1. The summed E-state index contributed by atoms with van der Waals surface area (Å²) in [5.74, 6) is -0.361. The van der Waals surface area contributed by atoms with Crippen molar-refractivity contribution in [3.05, 3.63) is 57.7 Å². The van der Waals surface area contributed by atoms with E-state index in [1.165, 1.54) is 10.8 Å². The van der Waals surface area contributed by atoms with Gasteiger partial charge in [-0.1, -0.05) is 29.8 Å². The Morgan fingerprint density at radius 1 is 1.35 bits per heavy atom. The zero-order valence-electron chi connectivity index (χ0n) is 14.7. The molecule has 8 heteroatoms. The molecule has 0 radical (unpaired) electrons. The maximum Gasteiger partial charge on any atom is 0.294 e. The van der Waals surface area contributed by atoms with Gasteiger partial charge in [-0.25, -0.2) is 4.98 Å². The topological polar surface area (TPSA) is 77.6 Å². The molecule has 7 nitrogen and oxygen atoms in total. The van der Waals surface area contributed by atoms with Gasteiger partial charge in [-0.15, -0.1) is 0 Å². The van der Waals surface area contributed by atoms with Gasteiger partial charge in [0.25, 0.3) is 11.5 Å². The minimum Gasteiger partial charge on any atom is -0.383 e. The van der Waals surface area contributed by atoms with Gasteiger partial charge < -0.3 is 14.6 Å². The van der Waals surface area contributed by atoms with Crippen molar-refractivity contribution < 1.29 is 9.53 Å². The van der Waals surface area contributed by atoms with E-state index in [2.05, 4.69) is 10.3 Å². The van der Waals surface area contributed by atoms with E-state index in [4.69, 9.17) is 16.3 Å². The molecular formula is C18H19ClN4O3. The van der Waals surface area contributed by atoms with Crippen molar-refractivity contribution in [3.63, 3.8) is 0 Å². The number of imidazole rings is 1. The standard InChI is InChI=1S/C18H19ClN4O3/c1-11(10-26-3)20-17(24)14-8-23-9-15(12-6-4-5-7-13(12)19)22(2)18(25)16(23)21-14/h4-9,11H,10H2,1-3H3,(H,20,24). The predicted molar refractivity (Wildman–Crippen MR) is 99.7 cm³/mol. The molecule has 136 valence electrons. The number of hydrogen-bond donors (Lipinski definition) is 1.